The summed E-state index contributed by atoms with van der Waals surface area (Å²) in [5.74, 6) is 0.166. The third-order valence-corrected chi connectivity index (χ3v) is 2.85. The third-order valence-electron chi connectivity index (χ3n) is 2.85. The van der Waals surface area contributed by atoms with Crippen molar-refractivity contribution in [3.8, 4) is 0 Å². The first kappa shape index (κ1) is 11.0. The fraction of sp³-hybridized carbons (Fsp3) is 0.800. The number of likely N-dealkylation sites (N-methyl/N-ethyl adjacent to an activating group) is 2. The molecule has 0 N–H and O–H groups in total. The van der Waals surface area contributed by atoms with Crippen molar-refractivity contribution < 1.29 is 9.59 Å². The van der Waals surface area contributed by atoms with Crippen LogP contribution in [0.3, 0.4) is 0 Å². The lowest BCUT2D eigenvalue weighted by Crippen LogP contribution is -2.45. The number of hydrogen-bond donors (Lipinski definition) is 0. The molecule has 0 saturated carbocycles. The van der Waals surface area contributed by atoms with Crippen LogP contribution in [0.2, 0.25) is 0 Å². The van der Waals surface area contributed by atoms with Crippen LogP contribution < -0.4 is 0 Å². The second kappa shape index (κ2) is 4.44. The molecule has 4 heteroatoms. The van der Waals surface area contributed by atoms with E-state index in [0.29, 0.717) is 25.9 Å². The molecular formula is C10H18N2O2. The van der Waals surface area contributed by atoms with Gasteiger partial charge in [-0.15, -0.1) is 0 Å². The van der Waals surface area contributed by atoms with E-state index in [9.17, 15) is 9.59 Å². The zero-order valence-electron chi connectivity index (χ0n) is 9.12. The van der Waals surface area contributed by atoms with Crippen LogP contribution in [0, 0.1) is 0 Å². The molecule has 0 bridgehead atoms. The van der Waals surface area contributed by atoms with E-state index in [-0.39, 0.29) is 17.9 Å². The summed E-state index contributed by atoms with van der Waals surface area (Å²) >= 11 is 0. The molecule has 2 amide bonds. The zero-order valence-corrected chi connectivity index (χ0v) is 9.12. The van der Waals surface area contributed by atoms with Gasteiger partial charge in [-0.25, -0.2) is 0 Å². The van der Waals surface area contributed by atoms with Crippen molar-refractivity contribution in [1.29, 1.82) is 0 Å². The predicted molar refractivity (Wildman–Crippen MR) is 53.7 cm³/mol. The Morgan fingerprint density at radius 2 is 2.07 bits per heavy atom. The normalized spacial score (nSPS) is 21.5. The van der Waals surface area contributed by atoms with Crippen LogP contribution in [0.25, 0.3) is 0 Å². The molecule has 0 aromatic carbocycles. The van der Waals surface area contributed by atoms with E-state index in [4.69, 9.17) is 0 Å². The summed E-state index contributed by atoms with van der Waals surface area (Å²) in [4.78, 5) is 26.5. The number of carbonyl (C=O) groups is 2. The number of rotatable bonds is 3. The molecule has 1 atom stereocenters. The maximum atomic E-state index is 11.9. The zero-order chi connectivity index (χ0) is 10.7. The van der Waals surface area contributed by atoms with Gasteiger partial charge in [0.1, 0.15) is 6.04 Å². The van der Waals surface area contributed by atoms with Crippen LogP contribution in [0.15, 0.2) is 0 Å². The van der Waals surface area contributed by atoms with E-state index in [1.54, 1.807) is 16.8 Å². The van der Waals surface area contributed by atoms with Gasteiger partial charge in [0.2, 0.25) is 11.8 Å². The summed E-state index contributed by atoms with van der Waals surface area (Å²) in [6, 6.07) is -0.220. The molecule has 0 aliphatic carbocycles. The summed E-state index contributed by atoms with van der Waals surface area (Å²) < 4.78 is 0. The molecule has 1 rings (SSSR count). The van der Waals surface area contributed by atoms with E-state index in [0.717, 1.165) is 0 Å². The van der Waals surface area contributed by atoms with Crippen molar-refractivity contribution in [2.24, 2.45) is 0 Å². The summed E-state index contributed by atoms with van der Waals surface area (Å²) in [5, 5.41) is 0. The largest absolute Gasteiger partial charge is 0.341 e. The molecule has 1 unspecified atom stereocenters. The Morgan fingerprint density at radius 3 is 2.43 bits per heavy atom. The molecular weight excluding hydrogens is 180 g/mol. The van der Waals surface area contributed by atoms with Crippen LogP contribution >= 0.6 is 0 Å². The third kappa shape index (κ3) is 1.89. The van der Waals surface area contributed by atoms with Crippen LogP contribution in [0.4, 0.5) is 0 Å². The molecule has 0 radical (unpaired) electrons. The minimum atomic E-state index is -0.220. The second-order valence-electron chi connectivity index (χ2n) is 3.57. The van der Waals surface area contributed by atoms with Gasteiger partial charge in [-0.1, -0.05) is 0 Å². The van der Waals surface area contributed by atoms with Crippen molar-refractivity contribution >= 4 is 11.8 Å². The summed E-state index contributed by atoms with van der Waals surface area (Å²) in [5.41, 5.74) is 0. The number of likely N-dealkylation sites (tertiary alicyclic amines) is 1. The topological polar surface area (TPSA) is 40.6 Å². The fourth-order valence-corrected chi connectivity index (χ4v) is 1.84. The Balaban J connectivity index is 2.65. The van der Waals surface area contributed by atoms with E-state index in [1.807, 2.05) is 13.8 Å². The van der Waals surface area contributed by atoms with Crippen LogP contribution in [0.5, 0.6) is 0 Å². The summed E-state index contributed by atoms with van der Waals surface area (Å²) in [6.45, 7) is 5.35. The van der Waals surface area contributed by atoms with Gasteiger partial charge in [-0.3, -0.25) is 9.59 Å². The standard InChI is InChI=1S/C10H18N2O2/c1-4-12(5-2)10(14)8-6-7-9(13)11(8)3/h8H,4-7H2,1-3H3. The minimum Gasteiger partial charge on any atom is -0.341 e. The maximum absolute atomic E-state index is 11.9. The molecule has 1 fully saturated rings. The maximum Gasteiger partial charge on any atom is 0.245 e. The van der Waals surface area contributed by atoms with Gasteiger partial charge < -0.3 is 9.80 Å². The van der Waals surface area contributed by atoms with Crippen molar-refractivity contribution in [1.82, 2.24) is 9.80 Å². The lowest BCUT2D eigenvalue weighted by atomic mass is 10.2. The number of amides is 2. The van der Waals surface area contributed by atoms with Crippen molar-refractivity contribution in [3.63, 3.8) is 0 Å². The summed E-state index contributed by atoms with van der Waals surface area (Å²) in [7, 11) is 1.71. The summed E-state index contributed by atoms with van der Waals surface area (Å²) in [6.07, 6.45) is 1.18. The van der Waals surface area contributed by atoms with Crippen LogP contribution in [-0.2, 0) is 9.59 Å². The van der Waals surface area contributed by atoms with Gasteiger partial charge in [0.15, 0.2) is 0 Å². The van der Waals surface area contributed by atoms with E-state index in [1.165, 1.54) is 0 Å². The number of carbonyl (C=O) groups excluding carboxylic acids is 2. The molecule has 0 aromatic rings. The molecule has 4 nitrogen and oxygen atoms in total. The molecule has 0 spiro atoms. The number of nitrogens with zero attached hydrogens (tertiary/aromatic N) is 2. The second-order valence-corrected chi connectivity index (χ2v) is 3.57. The minimum absolute atomic E-state index is 0.0792. The van der Waals surface area contributed by atoms with Gasteiger partial charge >= 0.3 is 0 Å². The van der Waals surface area contributed by atoms with Gasteiger partial charge in [-0.05, 0) is 20.3 Å². The lowest BCUT2D eigenvalue weighted by Gasteiger charge is -2.26. The highest BCUT2D eigenvalue weighted by atomic mass is 16.2. The smallest absolute Gasteiger partial charge is 0.245 e. The highest BCUT2D eigenvalue weighted by Crippen LogP contribution is 2.18. The lowest BCUT2D eigenvalue weighted by molar-refractivity contribution is -0.139. The molecule has 1 saturated heterocycles. The van der Waals surface area contributed by atoms with Crippen LogP contribution in [0.1, 0.15) is 26.7 Å². The average Bonchev–Trinajstić information content (AvgIpc) is 2.49. The van der Waals surface area contributed by atoms with E-state index < -0.39 is 0 Å². The quantitative estimate of drug-likeness (QED) is 0.661. The first-order valence-corrected chi connectivity index (χ1v) is 5.16. The van der Waals surface area contributed by atoms with Crippen molar-refractivity contribution in [3.05, 3.63) is 0 Å². The first-order chi connectivity index (χ1) is 6.61. The predicted octanol–water partition coefficient (Wildman–Crippen LogP) is 0.476. The van der Waals surface area contributed by atoms with E-state index >= 15 is 0 Å². The Kier molecular flexibility index (Phi) is 3.49. The molecule has 80 valence electrons. The Labute approximate surface area is 84.9 Å². The van der Waals surface area contributed by atoms with Crippen LogP contribution in [-0.4, -0.2) is 47.8 Å². The highest BCUT2D eigenvalue weighted by molar-refractivity contribution is 5.90. The van der Waals surface area contributed by atoms with Gasteiger partial charge in [-0.2, -0.15) is 0 Å². The molecule has 1 heterocycles. The highest BCUT2D eigenvalue weighted by Gasteiger charge is 2.34. The fourth-order valence-electron chi connectivity index (χ4n) is 1.84. The average molecular weight is 198 g/mol. The Bertz CT molecular complexity index is 236. The van der Waals surface area contributed by atoms with Crippen molar-refractivity contribution in [2.45, 2.75) is 32.7 Å². The molecule has 14 heavy (non-hydrogen) atoms. The number of hydrogen-bond acceptors (Lipinski definition) is 2. The SMILES string of the molecule is CCN(CC)C(=O)C1CCC(=O)N1C. The Morgan fingerprint density at radius 1 is 1.50 bits per heavy atom. The monoisotopic (exact) mass is 198 g/mol. The van der Waals surface area contributed by atoms with Crippen molar-refractivity contribution in [2.75, 3.05) is 20.1 Å². The van der Waals surface area contributed by atoms with Gasteiger partial charge in [0, 0.05) is 26.6 Å². The molecule has 0 aromatic heterocycles. The molecule has 1 aliphatic rings. The Hall–Kier alpha value is -1.06. The van der Waals surface area contributed by atoms with Gasteiger partial charge in [0.25, 0.3) is 0 Å². The first-order valence-electron chi connectivity index (χ1n) is 5.16. The van der Waals surface area contributed by atoms with Gasteiger partial charge in [0.05, 0.1) is 0 Å². The molecule has 1 aliphatic heterocycles. The van der Waals surface area contributed by atoms with E-state index in [2.05, 4.69) is 0 Å².